The maximum atomic E-state index is 12.7. The summed E-state index contributed by atoms with van der Waals surface area (Å²) in [6.45, 7) is 1.87. The molecule has 1 amide bonds. The average Bonchev–Trinajstić information content (AvgIpc) is 3.18. The number of hydrogen-bond donors (Lipinski definition) is 2. The largest absolute Gasteiger partial charge is 0.494 e. The Balaban J connectivity index is 1.69. The molecule has 0 aliphatic rings. The summed E-state index contributed by atoms with van der Waals surface area (Å²) in [4.78, 5) is 33.5. The number of nitrogens with one attached hydrogen (secondary N) is 1. The van der Waals surface area contributed by atoms with Crippen molar-refractivity contribution in [1.29, 1.82) is 0 Å². The molecule has 0 radical (unpaired) electrons. The highest BCUT2D eigenvalue weighted by molar-refractivity contribution is 6.21. The van der Waals surface area contributed by atoms with Crippen LogP contribution in [-0.4, -0.2) is 52.8 Å². The van der Waals surface area contributed by atoms with Gasteiger partial charge in [-0.15, -0.1) is 0 Å². The summed E-state index contributed by atoms with van der Waals surface area (Å²) in [5.41, 5.74) is 3.92. The molecular formula is C27H25N3O4. The fourth-order valence-electron chi connectivity index (χ4n) is 3.73. The molecule has 0 unspecified atom stereocenters. The summed E-state index contributed by atoms with van der Waals surface area (Å²) in [5.74, 6) is -0.706. The van der Waals surface area contributed by atoms with Crippen LogP contribution in [0.15, 0.2) is 83.9 Å². The van der Waals surface area contributed by atoms with Crippen LogP contribution in [-0.2, 0) is 9.53 Å². The van der Waals surface area contributed by atoms with E-state index in [9.17, 15) is 14.7 Å². The summed E-state index contributed by atoms with van der Waals surface area (Å²) in [5, 5.41) is 11.6. The summed E-state index contributed by atoms with van der Waals surface area (Å²) in [6, 6.07) is 24.1. The van der Waals surface area contributed by atoms with Gasteiger partial charge in [-0.3, -0.25) is 9.59 Å². The Labute approximate surface area is 197 Å². The lowest BCUT2D eigenvalue weighted by Gasteiger charge is -2.16. The molecule has 0 bridgehead atoms. The van der Waals surface area contributed by atoms with E-state index in [1.807, 2.05) is 54.6 Å². The third kappa shape index (κ3) is 4.83. The van der Waals surface area contributed by atoms with Crippen molar-refractivity contribution >= 4 is 34.2 Å². The number of H-pyrrole nitrogens is 1. The van der Waals surface area contributed by atoms with Crippen LogP contribution >= 0.6 is 0 Å². The summed E-state index contributed by atoms with van der Waals surface area (Å²) in [7, 11) is 1.55. The van der Waals surface area contributed by atoms with Crippen LogP contribution in [0.5, 0.6) is 5.88 Å². The molecule has 7 heteroatoms. The molecule has 0 saturated heterocycles. The Morgan fingerprint density at radius 3 is 2.32 bits per heavy atom. The number of aliphatic imine (C=N–C) groups is 1. The van der Waals surface area contributed by atoms with Gasteiger partial charge >= 0.3 is 5.97 Å². The van der Waals surface area contributed by atoms with Crippen LogP contribution in [0, 0.1) is 0 Å². The molecule has 0 aliphatic carbocycles. The van der Waals surface area contributed by atoms with Gasteiger partial charge < -0.3 is 19.7 Å². The van der Waals surface area contributed by atoms with Crippen LogP contribution in [0.2, 0.25) is 0 Å². The number of para-hydroxylation sites is 1. The number of aromatic amines is 1. The quantitative estimate of drug-likeness (QED) is 0.313. The zero-order valence-corrected chi connectivity index (χ0v) is 19.0. The fourth-order valence-corrected chi connectivity index (χ4v) is 3.73. The zero-order chi connectivity index (χ0) is 24.1. The summed E-state index contributed by atoms with van der Waals surface area (Å²) in [6.07, 6.45) is 0. The molecular weight excluding hydrogens is 430 g/mol. The van der Waals surface area contributed by atoms with Crippen molar-refractivity contribution < 1.29 is 19.4 Å². The molecule has 0 fully saturated rings. The molecule has 0 aliphatic heterocycles. The van der Waals surface area contributed by atoms with Gasteiger partial charge in [-0.1, -0.05) is 48.5 Å². The first-order chi connectivity index (χ1) is 16.5. The number of aromatic hydroxyl groups is 1. The first-order valence-corrected chi connectivity index (χ1v) is 10.9. The molecule has 1 heterocycles. The van der Waals surface area contributed by atoms with Crippen LogP contribution in [0.3, 0.4) is 0 Å². The molecule has 0 atom stereocenters. The minimum atomic E-state index is -0.453. The molecule has 0 saturated carbocycles. The van der Waals surface area contributed by atoms with Gasteiger partial charge in [0.05, 0.1) is 23.6 Å². The third-order valence-corrected chi connectivity index (χ3v) is 5.34. The van der Waals surface area contributed by atoms with Crippen LogP contribution < -0.4 is 0 Å². The average molecular weight is 456 g/mol. The lowest BCUT2D eigenvalue weighted by Crippen LogP contribution is -2.33. The Hall–Kier alpha value is -4.39. The molecule has 3 aromatic carbocycles. The maximum Gasteiger partial charge on any atom is 0.325 e. The van der Waals surface area contributed by atoms with E-state index >= 15 is 0 Å². The van der Waals surface area contributed by atoms with E-state index < -0.39 is 5.97 Å². The van der Waals surface area contributed by atoms with Gasteiger partial charge in [0.1, 0.15) is 6.54 Å². The topological polar surface area (TPSA) is 95.0 Å². The third-order valence-electron chi connectivity index (χ3n) is 5.34. The molecule has 172 valence electrons. The molecule has 0 spiro atoms. The number of carbonyl (C=O) groups excluding carboxylic acids is 2. The molecule has 4 rings (SSSR count). The predicted molar refractivity (Wildman–Crippen MR) is 132 cm³/mol. The van der Waals surface area contributed by atoms with Gasteiger partial charge in [-0.25, -0.2) is 4.99 Å². The number of rotatable bonds is 7. The normalized spacial score (nSPS) is 11.4. The van der Waals surface area contributed by atoms with E-state index in [-0.39, 0.29) is 24.9 Å². The van der Waals surface area contributed by atoms with Gasteiger partial charge in [-0.2, -0.15) is 0 Å². The lowest BCUT2D eigenvalue weighted by molar-refractivity contribution is -0.143. The Bertz CT molecular complexity index is 1340. The summed E-state index contributed by atoms with van der Waals surface area (Å²) >= 11 is 0. The molecule has 7 nitrogen and oxygen atoms in total. The van der Waals surface area contributed by atoms with Crippen molar-refractivity contribution in [3.8, 4) is 5.88 Å². The molecule has 4 aromatic rings. The number of carbonyl (C=O) groups is 2. The molecule has 34 heavy (non-hydrogen) atoms. The second-order valence-corrected chi connectivity index (χ2v) is 7.73. The van der Waals surface area contributed by atoms with Gasteiger partial charge in [-0.05, 0) is 37.3 Å². The monoisotopic (exact) mass is 455 g/mol. The number of aromatic nitrogens is 1. The van der Waals surface area contributed by atoms with Gasteiger partial charge in [0.2, 0.25) is 0 Å². The van der Waals surface area contributed by atoms with Crippen molar-refractivity contribution in [2.75, 3.05) is 20.2 Å². The highest BCUT2D eigenvalue weighted by Gasteiger charge is 2.19. The highest BCUT2D eigenvalue weighted by Crippen LogP contribution is 2.31. The minimum absolute atomic E-state index is 0.0381. The SMILES string of the molecule is CCOC(=O)CN(C)C(=O)c1ccc(N=C(c2ccccc2)c2c(O)[nH]c3ccccc23)cc1. The zero-order valence-electron chi connectivity index (χ0n) is 19.0. The second kappa shape index (κ2) is 10.0. The standard InChI is InChI=1S/C27H25N3O4/c1-3-34-23(31)17-30(2)27(33)19-13-15-20(16-14-19)28-25(18-9-5-4-6-10-18)24-21-11-7-8-12-22(21)29-26(24)32/h4-16,29,32H,3,17H2,1-2H3. The van der Waals surface area contributed by atoms with E-state index in [4.69, 9.17) is 9.73 Å². The van der Waals surface area contributed by atoms with Crippen molar-refractivity contribution in [2.24, 2.45) is 4.99 Å². The van der Waals surface area contributed by atoms with E-state index in [0.29, 0.717) is 22.5 Å². The van der Waals surface area contributed by atoms with E-state index in [1.54, 1.807) is 38.2 Å². The van der Waals surface area contributed by atoms with Crippen LogP contribution in [0.1, 0.15) is 28.4 Å². The number of ether oxygens (including phenoxy) is 1. The minimum Gasteiger partial charge on any atom is -0.494 e. The maximum absolute atomic E-state index is 12.7. The Morgan fingerprint density at radius 2 is 1.62 bits per heavy atom. The summed E-state index contributed by atoms with van der Waals surface area (Å²) < 4.78 is 4.91. The Morgan fingerprint density at radius 1 is 0.941 bits per heavy atom. The van der Waals surface area contributed by atoms with Gasteiger partial charge in [0.25, 0.3) is 5.91 Å². The van der Waals surface area contributed by atoms with E-state index in [2.05, 4.69) is 4.98 Å². The molecule has 2 N–H and O–H groups in total. The van der Waals surface area contributed by atoms with Crippen molar-refractivity contribution in [3.63, 3.8) is 0 Å². The second-order valence-electron chi connectivity index (χ2n) is 7.73. The van der Waals surface area contributed by atoms with Crippen molar-refractivity contribution in [2.45, 2.75) is 6.92 Å². The lowest BCUT2D eigenvalue weighted by atomic mass is 10.0. The van der Waals surface area contributed by atoms with Crippen LogP contribution in [0.25, 0.3) is 10.9 Å². The highest BCUT2D eigenvalue weighted by atomic mass is 16.5. The number of nitrogens with zero attached hydrogens (tertiary/aromatic N) is 2. The number of benzene rings is 3. The van der Waals surface area contributed by atoms with E-state index in [1.165, 1.54) is 4.90 Å². The Kier molecular flexibility index (Phi) is 6.73. The first-order valence-electron chi connectivity index (χ1n) is 10.9. The van der Waals surface area contributed by atoms with E-state index in [0.717, 1.165) is 16.5 Å². The predicted octanol–water partition coefficient (Wildman–Crippen LogP) is 4.68. The number of esters is 1. The number of hydrogen-bond acceptors (Lipinski definition) is 5. The number of likely N-dealkylation sites (N-methyl/N-ethyl adjacent to an activating group) is 1. The van der Waals surface area contributed by atoms with Crippen LogP contribution in [0.4, 0.5) is 5.69 Å². The smallest absolute Gasteiger partial charge is 0.325 e. The first kappa shape index (κ1) is 22.8. The number of fused-ring (bicyclic) bond motifs is 1. The van der Waals surface area contributed by atoms with Gasteiger partial charge in [0.15, 0.2) is 5.88 Å². The fraction of sp³-hybridized carbons (Fsp3) is 0.148. The number of amides is 1. The van der Waals surface area contributed by atoms with Gasteiger partial charge in [0, 0.05) is 29.1 Å². The van der Waals surface area contributed by atoms with Crippen molar-refractivity contribution in [3.05, 3.63) is 95.6 Å². The van der Waals surface area contributed by atoms with Crippen molar-refractivity contribution in [1.82, 2.24) is 9.88 Å². The molecule has 1 aromatic heterocycles.